The molecule has 4 heterocycles. The molecule has 4 saturated heterocycles. The summed E-state index contributed by atoms with van der Waals surface area (Å²) in [6, 6.07) is 8.27. The minimum absolute atomic E-state index is 0.0617. The van der Waals surface area contributed by atoms with Gasteiger partial charge in [0.25, 0.3) is 0 Å². The molecule has 3 amide bonds. The topological polar surface area (TPSA) is 138 Å². The fraction of sp³-hybridized carbons (Fsp3) is 0.632. The van der Waals surface area contributed by atoms with Crippen molar-refractivity contribution in [3.8, 4) is 0 Å². The van der Waals surface area contributed by atoms with Crippen molar-refractivity contribution >= 4 is 39.6 Å². The maximum Gasteiger partial charge on any atom is 0.313 e. The Bertz CT molecular complexity index is 1380. The summed E-state index contributed by atoms with van der Waals surface area (Å²) in [5.74, 6) is -3.12. The molecule has 2 bridgehead atoms. The number of likely N-dealkylation sites (tertiary alicyclic amines) is 1. The fourth-order valence-electron chi connectivity index (χ4n) is 8.02. The molecule has 12 nitrogen and oxygen atoms in total. The van der Waals surface area contributed by atoms with Gasteiger partial charge in [0.1, 0.15) is 17.7 Å². The number of alkyl halides is 1. The Morgan fingerprint density at radius 2 is 1.84 bits per heavy atom. The summed E-state index contributed by atoms with van der Waals surface area (Å²) in [6.45, 7) is 12.4. The van der Waals surface area contributed by atoms with Crippen LogP contribution in [0.1, 0.15) is 56.6 Å². The lowest BCUT2D eigenvalue weighted by atomic mass is 9.70. The van der Waals surface area contributed by atoms with Gasteiger partial charge in [0.05, 0.1) is 37.7 Å². The number of hydrogen-bond acceptors (Lipinski definition) is 9. The Balaban J connectivity index is 1.41. The van der Waals surface area contributed by atoms with Crippen LogP contribution in [0.3, 0.4) is 0 Å². The minimum atomic E-state index is -1.22. The van der Waals surface area contributed by atoms with Gasteiger partial charge < -0.3 is 34.4 Å². The summed E-state index contributed by atoms with van der Waals surface area (Å²) in [7, 11) is 0. The summed E-state index contributed by atoms with van der Waals surface area (Å²) >= 11 is 3.76. The Morgan fingerprint density at radius 1 is 1.10 bits per heavy atom. The SMILES string of the molecule is C=CCCC(=O)NC[C@H](OC(=O)[C@@H]1[C@H]2O[C@@]3(CC2Br)[C@H](C(=O)N(CC=C)CCN2CCOCC2)N(CCCCCCO)C(=O)[C@@H]13)c1ccccc1. The van der Waals surface area contributed by atoms with E-state index < -0.39 is 41.7 Å². The molecule has 1 spiro atoms. The Labute approximate surface area is 309 Å². The van der Waals surface area contributed by atoms with Crippen molar-refractivity contribution < 1.29 is 38.5 Å². The molecule has 1 aromatic rings. The zero-order valence-corrected chi connectivity index (χ0v) is 31.1. The fourth-order valence-corrected chi connectivity index (χ4v) is 8.96. The number of aliphatic hydroxyl groups is 1. The van der Waals surface area contributed by atoms with Gasteiger partial charge in [-0.2, -0.15) is 0 Å². The smallest absolute Gasteiger partial charge is 0.313 e. The van der Waals surface area contributed by atoms with Gasteiger partial charge in [-0.1, -0.05) is 71.3 Å². The molecule has 51 heavy (non-hydrogen) atoms. The zero-order valence-electron chi connectivity index (χ0n) is 29.5. The second kappa shape index (κ2) is 18.6. The molecule has 0 aromatic heterocycles. The number of carbonyl (C=O) groups excluding carboxylic acids is 4. The zero-order chi connectivity index (χ0) is 36.4. The molecular weight excluding hydrogens is 720 g/mol. The van der Waals surface area contributed by atoms with Gasteiger partial charge in [0.2, 0.25) is 17.7 Å². The van der Waals surface area contributed by atoms with Gasteiger partial charge in [-0.05, 0) is 31.2 Å². The van der Waals surface area contributed by atoms with Crippen molar-refractivity contribution in [3.63, 3.8) is 0 Å². The molecule has 4 aliphatic heterocycles. The van der Waals surface area contributed by atoms with Crippen LogP contribution in [-0.2, 0) is 33.4 Å². The third-order valence-electron chi connectivity index (χ3n) is 10.5. The highest BCUT2D eigenvalue weighted by Gasteiger charge is 2.77. The number of allylic oxidation sites excluding steroid dienone is 1. The highest BCUT2D eigenvalue weighted by atomic mass is 79.9. The first kappa shape index (κ1) is 39.1. The molecule has 1 aromatic carbocycles. The molecule has 5 rings (SSSR count). The molecule has 4 fully saturated rings. The van der Waals surface area contributed by atoms with Gasteiger partial charge in [0, 0.05) is 57.1 Å². The molecule has 13 heteroatoms. The van der Waals surface area contributed by atoms with Gasteiger partial charge in [-0.15, -0.1) is 13.2 Å². The molecule has 0 aliphatic carbocycles. The Morgan fingerprint density at radius 3 is 2.55 bits per heavy atom. The van der Waals surface area contributed by atoms with Gasteiger partial charge in [-0.3, -0.25) is 24.1 Å². The van der Waals surface area contributed by atoms with E-state index >= 15 is 0 Å². The second-order valence-corrected chi connectivity index (χ2v) is 15.0. The number of rotatable bonds is 20. The number of morpholine rings is 1. The number of nitrogens with one attached hydrogen (secondary N) is 1. The van der Waals surface area contributed by atoms with E-state index in [9.17, 15) is 24.3 Å². The Kier molecular flexibility index (Phi) is 14.3. The van der Waals surface area contributed by atoms with Crippen LogP contribution in [0.4, 0.5) is 0 Å². The minimum Gasteiger partial charge on any atom is -0.455 e. The quantitative estimate of drug-likeness (QED) is 0.0888. The summed E-state index contributed by atoms with van der Waals surface area (Å²) < 4.78 is 18.4. The number of unbranched alkanes of at least 4 members (excludes halogenated alkanes) is 3. The van der Waals surface area contributed by atoms with E-state index in [0.29, 0.717) is 70.6 Å². The van der Waals surface area contributed by atoms with E-state index in [4.69, 9.17) is 14.2 Å². The lowest BCUT2D eigenvalue weighted by Gasteiger charge is -2.38. The van der Waals surface area contributed by atoms with Crippen LogP contribution in [-0.4, -0.2) is 132 Å². The number of ether oxygens (including phenoxy) is 3. The van der Waals surface area contributed by atoms with E-state index in [2.05, 4.69) is 39.3 Å². The number of nitrogens with zero attached hydrogens (tertiary/aromatic N) is 3. The van der Waals surface area contributed by atoms with Crippen molar-refractivity contribution in [1.29, 1.82) is 0 Å². The average Bonchev–Trinajstić information content (AvgIpc) is 3.74. The molecule has 4 aliphatic rings. The first-order valence-electron chi connectivity index (χ1n) is 18.3. The maximum absolute atomic E-state index is 14.7. The molecule has 1 unspecified atom stereocenters. The molecule has 280 valence electrons. The van der Waals surface area contributed by atoms with Crippen LogP contribution < -0.4 is 5.32 Å². The predicted molar refractivity (Wildman–Crippen MR) is 195 cm³/mol. The first-order chi connectivity index (χ1) is 24.7. The van der Waals surface area contributed by atoms with Crippen molar-refractivity contribution in [2.75, 3.05) is 65.6 Å². The highest BCUT2D eigenvalue weighted by Crippen LogP contribution is 2.60. The average molecular weight is 774 g/mol. The lowest BCUT2D eigenvalue weighted by molar-refractivity contribution is -0.160. The van der Waals surface area contributed by atoms with Crippen molar-refractivity contribution in [2.24, 2.45) is 11.8 Å². The summed E-state index contributed by atoms with van der Waals surface area (Å²) in [4.78, 5) is 61.5. The van der Waals surface area contributed by atoms with Crippen molar-refractivity contribution in [3.05, 3.63) is 61.2 Å². The number of carbonyl (C=O) groups is 4. The van der Waals surface area contributed by atoms with Crippen LogP contribution in [0.25, 0.3) is 0 Å². The maximum atomic E-state index is 14.7. The number of aliphatic hydroxyl groups excluding tert-OH is 1. The van der Waals surface area contributed by atoms with Gasteiger partial charge >= 0.3 is 5.97 Å². The number of esters is 1. The normalized spacial score (nSPS) is 27.5. The van der Waals surface area contributed by atoms with E-state index in [0.717, 1.165) is 25.9 Å². The van der Waals surface area contributed by atoms with Gasteiger partial charge in [-0.25, -0.2) is 0 Å². The summed E-state index contributed by atoms with van der Waals surface area (Å²) in [5.41, 5.74) is -0.513. The van der Waals surface area contributed by atoms with Crippen molar-refractivity contribution in [2.45, 2.75) is 73.6 Å². The largest absolute Gasteiger partial charge is 0.455 e. The van der Waals surface area contributed by atoms with E-state index in [1.807, 2.05) is 30.3 Å². The highest BCUT2D eigenvalue weighted by molar-refractivity contribution is 9.09. The monoisotopic (exact) mass is 772 g/mol. The molecule has 2 N–H and O–H groups in total. The third kappa shape index (κ3) is 8.93. The van der Waals surface area contributed by atoms with E-state index in [-0.39, 0.29) is 42.1 Å². The summed E-state index contributed by atoms with van der Waals surface area (Å²) in [5, 5.41) is 12.2. The molecular formula is C38H53BrN4O8. The number of benzene rings is 1. The molecule has 7 atom stereocenters. The second-order valence-electron chi connectivity index (χ2n) is 13.8. The number of hydrogen-bond donors (Lipinski definition) is 2. The molecule has 0 saturated carbocycles. The van der Waals surface area contributed by atoms with Crippen LogP contribution in [0.2, 0.25) is 0 Å². The number of halogens is 1. The van der Waals surface area contributed by atoms with Crippen LogP contribution in [0.5, 0.6) is 0 Å². The third-order valence-corrected chi connectivity index (χ3v) is 11.4. The standard InChI is InChI=1S/C38H53BrN4O8/c1-3-5-15-30(45)40-26-29(27-13-9-8-10-14-27)50-37(48)31-32-35(46)43(17-11-6-7-12-22-44)34(38(32)25-28(39)33(31)51-38)36(47)42(16-4-2)19-18-41-20-23-49-24-21-41/h3-4,8-10,13-14,28-29,31-34,44H,1-2,5-7,11-12,15-26H2,(H,40,45)/t28?,29-,31-,32+,33-,34-,38+/m0/s1. The van der Waals surface area contributed by atoms with Gasteiger partial charge in [0.15, 0.2) is 0 Å². The number of fused-ring (bicyclic) bond motifs is 1. The number of amides is 3. The Hall–Kier alpha value is -3.10. The summed E-state index contributed by atoms with van der Waals surface area (Å²) in [6.07, 6.45) is 5.97. The van der Waals surface area contributed by atoms with Crippen molar-refractivity contribution in [1.82, 2.24) is 20.0 Å². The van der Waals surface area contributed by atoms with E-state index in [1.165, 1.54) is 0 Å². The van der Waals surface area contributed by atoms with Crippen LogP contribution in [0.15, 0.2) is 55.6 Å². The molecule has 0 radical (unpaired) electrons. The van der Waals surface area contributed by atoms with Crippen LogP contribution in [0, 0.1) is 11.8 Å². The predicted octanol–water partition coefficient (Wildman–Crippen LogP) is 3.00. The van der Waals surface area contributed by atoms with Crippen LogP contribution >= 0.6 is 15.9 Å². The van der Waals surface area contributed by atoms with E-state index in [1.54, 1.807) is 22.0 Å². The lowest BCUT2D eigenvalue weighted by Crippen LogP contribution is -2.57. The first-order valence-corrected chi connectivity index (χ1v) is 19.2.